The maximum atomic E-state index is 5.41. The normalized spacial score (nSPS) is 15.3. The zero-order valence-electron chi connectivity index (χ0n) is 35.2. The number of rotatable bonds is 11. The van der Waals surface area contributed by atoms with E-state index in [0.29, 0.717) is 26.2 Å². The molecule has 9 rings (SSSR count). The second-order valence-electron chi connectivity index (χ2n) is 14.7. The van der Waals surface area contributed by atoms with E-state index in [1.54, 1.807) is 0 Å². The van der Waals surface area contributed by atoms with Gasteiger partial charge in [0.2, 0.25) is 0 Å². The van der Waals surface area contributed by atoms with Gasteiger partial charge in [-0.05, 0) is 100 Å². The summed E-state index contributed by atoms with van der Waals surface area (Å²) in [6.07, 6.45) is 40.9. The van der Waals surface area contributed by atoms with Crippen LogP contribution >= 0.6 is 0 Å². The van der Waals surface area contributed by atoms with Gasteiger partial charge < -0.3 is 77.8 Å². The van der Waals surface area contributed by atoms with Crippen molar-refractivity contribution in [2.24, 2.45) is 15.0 Å². The summed E-state index contributed by atoms with van der Waals surface area (Å²) in [5.41, 5.74) is 14.2. The van der Waals surface area contributed by atoms with Gasteiger partial charge in [-0.2, -0.15) is 0 Å². The number of aliphatic imine (C=N–C) groups is 3. The Bertz CT molecular complexity index is 2850. The summed E-state index contributed by atoms with van der Waals surface area (Å²) in [6.45, 7) is 18.5. The molecule has 4 aromatic rings. The van der Waals surface area contributed by atoms with Gasteiger partial charge in [-0.15, -0.1) is 18.0 Å². The monoisotopic (exact) mass is 1160 g/mol. The van der Waals surface area contributed by atoms with E-state index in [2.05, 4.69) is 192 Å². The van der Waals surface area contributed by atoms with Gasteiger partial charge in [0.1, 0.15) is 0 Å². The Hall–Kier alpha value is -5.40. The van der Waals surface area contributed by atoms with Gasteiger partial charge in [0.15, 0.2) is 56.8 Å². The van der Waals surface area contributed by atoms with E-state index in [1.807, 2.05) is 24.3 Å². The molecule has 0 aliphatic carbocycles. The number of aromatic nitrogens is 4. The number of fused-ring (bicyclic) bond motifs is 5. The fraction of sp³-hybridized carbons (Fsp3) is 0.0769. The van der Waals surface area contributed by atoms with Crippen LogP contribution in [0.15, 0.2) is 241 Å². The van der Waals surface area contributed by atoms with Crippen LogP contribution in [0.1, 0.15) is 28.1 Å². The first-order valence-corrected chi connectivity index (χ1v) is 20.0. The van der Waals surface area contributed by atoms with E-state index in [0.717, 1.165) is 90.2 Å². The van der Waals surface area contributed by atoms with Crippen molar-refractivity contribution in [2.75, 3.05) is 6.54 Å². The Kier molecular flexibility index (Phi) is 19.0. The van der Waals surface area contributed by atoms with Crippen LogP contribution in [-0.2, 0) is 36.7 Å². The molecule has 5 aliphatic heterocycles. The smallest absolute Gasteiger partial charge is 1.00 e. The van der Waals surface area contributed by atoms with E-state index in [9.17, 15) is 0 Å². The van der Waals surface area contributed by atoms with Gasteiger partial charge in [-0.25, -0.2) is 28.7 Å². The van der Waals surface area contributed by atoms with Crippen molar-refractivity contribution in [2.45, 2.75) is 19.6 Å². The molecule has 65 heavy (non-hydrogen) atoms. The first-order valence-electron chi connectivity index (χ1n) is 20.0. The van der Waals surface area contributed by atoms with Crippen molar-refractivity contribution in [3.8, 4) is 0 Å². The Morgan fingerprint density at radius 3 is 1.17 bits per heavy atom. The van der Waals surface area contributed by atoms with Crippen LogP contribution in [0, 0.1) is 0 Å². The van der Waals surface area contributed by atoms with Crippen LogP contribution in [0.4, 0.5) is 0 Å². The molecule has 0 amide bonds. The predicted molar refractivity (Wildman–Crippen MR) is 241 cm³/mol. The number of halogens is 4. The summed E-state index contributed by atoms with van der Waals surface area (Å²) in [4.78, 5) is 23.7. The molecule has 8 bridgehead atoms. The van der Waals surface area contributed by atoms with Gasteiger partial charge in [0.25, 0.3) is 0 Å². The molecule has 8 nitrogen and oxygen atoms in total. The first-order chi connectivity index (χ1) is 29.5. The molecule has 13 heteroatoms. The third-order valence-corrected chi connectivity index (χ3v) is 10.7. The van der Waals surface area contributed by atoms with Gasteiger partial charge >= 0.3 is 17.1 Å². The third kappa shape index (κ3) is 11.0. The van der Waals surface area contributed by atoms with E-state index in [1.165, 1.54) is 0 Å². The third-order valence-electron chi connectivity index (χ3n) is 10.7. The van der Waals surface area contributed by atoms with Gasteiger partial charge in [0, 0.05) is 66.5 Å². The molecule has 5 aliphatic rings. The van der Waals surface area contributed by atoms with Crippen molar-refractivity contribution in [3.63, 3.8) is 0 Å². The fourth-order valence-corrected chi connectivity index (χ4v) is 7.85. The molecule has 4 aromatic heterocycles. The van der Waals surface area contributed by atoms with E-state index < -0.39 is 0 Å². The Labute approximate surface area is 433 Å². The van der Waals surface area contributed by atoms with Crippen LogP contribution in [0.2, 0.25) is 0 Å². The summed E-state index contributed by atoms with van der Waals surface area (Å²) in [5.74, 6) is 0. The summed E-state index contributed by atoms with van der Waals surface area (Å²) in [7, 11) is 0. The summed E-state index contributed by atoms with van der Waals surface area (Å²) in [6, 6.07) is 16.9. The Balaban J connectivity index is 0.00000185. The average Bonchev–Trinajstić information content (AvgIpc) is 4.12. The molecule has 0 spiro atoms. The van der Waals surface area contributed by atoms with Crippen LogP contribution in [0.25, 0.3) is 16.7 Å². The maximum absolute atomic E-state index is 5.41. The van der Waals surface area contributed by atoms with Crippen LogP contribution in [-0.4, -0.2) is 28.6 Å². The SMILES string of the molecule is C=CCN1C=CC(=C2C3=NC(=C(c4cc[n+](CC=C)cc4)C4=NC(=C(c5cc[n+](CC=C)cc5)c5ccc([n-]5)C(c5cc[n+](CC=C)cc5)=C5C=CC2=N5)C=C4)C=C3)C=C1.[Br-].[Br-].[Br-].[Br-].[Cu+2]. The van der Waals surface area contributed by atoms with Crippen molar-refractivity contribution >= 4 is 33.9 Å². The molecular weight excluding hydrogens is 1120 g/mol. The van der Waals surface area contributed by atoms with Crippen molar-refractivity contribution < 1.29 is 98.7 Å². The minimum absolute atomic E-state index is 0. The second kappa shape index (κ2) is 23.7. The standard InChI is InChI=1S/C52H44N8.4BrH.Cu/c1-5-25-57-29-17-37(18-30-57)49-41-9-11-43(53-41)50(38-19-31-58(26-6-2)32-20-38)45-13-15-47(55-45)52(40-23-35-60(28-8-4)36-24-40)48-16-14-46(56-48)51(44-12-10-42(49)54-44)39-21-33-59(27-7-3)34-22-39;;;;;/h5-24,29-36H,1-4,25-28H2;4*1H;/q+2;;;;;+2/p-4. The number of hydrogen-bond donors (Lipinski definition) is 0. The van der Waals surface area contributed by atoms with E-state index in [4.69, 9.17) is 20.0 Å². The zero-order chi connectivity index (χ0) is 41.0. The molecule has 0 fully saturated rings. The minimum Gasteiger partial charge on any atom is -1.00 e. The van der Waals surface area contributed by atoms with Gasteiger partial charge in [-0.1, -0.05) is 37.9 Å². The Morgan fingerprint density at radius 2 is 0.800 bits per heavy atom. The Morgan fingerprint density at radius 1 is 0.446 bits per heavy atom. The molecule has 9 heterocycles. The molecule has 0 N–H and O–H groups in total. The van der Waals surface area contributed by atoms with Gasteiger partial charge in [0.05, 0.1) is 34.2 Å². The predicted octanol–water partition coefficient (Wildman–Crippen LogP) is -4.12. The van der Waals surface area contributed by atoms with Crippen LogP contribution < -0.4 is 86.6 Å². The number of nitrogens with zero attached hydrogens (tertiary/aromatic N) is 8. The molecule has 0 saturated carbocycles. The molecule has 331 valence electrons. The number of hydrogen-bond acceptors (Lipinski definition) is 4. The second-order valence-corrected chi connectivity index (χ2v) is 14.7. The molecule has 0 atom stereocenters. The van der Waals surface area contributed by atoms with Crippen LogP contribution in [0.5, 0.6) is 0 Å². The van der Waals surface area contributed by atoms with E-state index in [-0.39, 0.29) is 85.0 Å². The topological polar surface area (TPSA) is 66.1 Å². The maximum Gasteiger partial charge on any atom is 2.00 e. The molecular formula is C52H44Br4CuN8. The molecule has 0 aromatic carbocycles. The largest absolute Gasteiger partial charge is 2.00 e. The summed E-state index contributed by atoms with van der Waals surface area (Å²) >= 11 is 0. The molecule has 0 saturated heterocycles. The summed E-state index contributed by atoms with van der Waals surface area (Å²) < 4.78 is 6.28. The van der Waals surface area contributed by atoms with E-state index >= 15 is 0 Å². The quantitative estimate of drug-likeness (QED) is 0.0873. The van der Waals surface area contributed by atoms with Crippen molar-refractivity contribution in [1.82, 2.24) is 9.88 Å². The summed E-state index contributed by atoms with van der Waals surface area (Å²) in [5, 5.41) is 0. The van der Waals surface area contributed by atoms with Crippen molar-refractivity contribution in [1.29, 1.82) is 0 Å². The first kappa shape index (κ1) is 52.2. The number of allylic oxidation sites excluding steroid dienone is 14. The van der Waals surface area contributed by atoms with Gasteiger partial charge in [-0.3, -0.25) is 0 Å². The van der Waals surface area contributed by atoms with Crippen molar-refractivity contribution in [3.05, 3.63) is 254 Å². The average molecular weight is 1160 g/mol. The fourth-order valence-electron chi connectivity index (χ4n) is 7.85. The van der Waals surface area contributed by atoms with Crippen LogP contribution in [0.3, 0.4) is 0 Å². The number of pyridine rings is 3. The zero-order valence-corrected chi connectivity index (χ0v) is 42.5. The molecule has 1 radical (unpaired) electrons. The molecule has 0 unspecified atom stereocenters. The minimum atomic E-state index is 0.